The van der Waals surface area contributed by atoms with Crippen molar-refractivity contribution in [3.8, 4) is 0 Å². The molecule has 6 unspecified atom stereocenters. The second-order valence-corrected chi connectivity index (χ2v) is 21.3. The summed E-state index contributed by atoms with van der Waals surface area (Å²) in [5.74, 6) is -3.23. The molecule has 1 heterocycles. The number of ether oxygens (including phenoxy) is 5. The van der Waals surface area contributed by atoms with E-state index < -0.39 is 67.3 Å². The van der Waals surface area contributed by atoms with Crippen LogP contribution in [0, 0.1) is 0 Å². The molecule has 0 aromatic carbocycles. The van der Waals surface area contributed by atoms with Gasteiger partial charge in [-0.2, -0.15) is 0 Å². The molecule has 0 spiro atoms. The fourth-order valence-electron chi connectivity index (χ4n) is 9.00. The molecule has 0 aliphatic carbocycles. The lowest BCUT2D eigenvalue weighted by Crippen LogP contribution is -2.61. The van der Waals surface area contributed by atoms with Crippen LogP contribution in [0.5, 0.6) is 0 Å². The lowest BCUT2D eigenvalue weighted by atomic mass is 9.98. The van der Waals surface area contributed by atoms with Gasteiger partial charge in [0.05, 0.1) is 6.61 Å². The van der Waals surface area contributed by atoms with Crippen molar-refractivity contribution in [2.75, 3.05) is 13.2 Å². The number of unbranched alkanes of at least 4 members (excludes halogenated alkanes) is 21. The molecule has 3 N–H and O–H groups in total. The third kappa shape index (κ3) is 45.6. The van der Waals surface area contributed by atoms with Gasteiger partial charge in [0.2, 0.25) is 0 Å². The third-order valence-corrected chi connectivity index (χ3v) is 13.8. The summed E-state index contributed by atoms with van der Waals surface area (Å²) in [5, 5.41) is 31.5. The Labute approximate surface area is 491 Å². The van der Waals surface area contributed by atoms with Crippen molar-refractivity contribution in [3.05, 3.63) is 109 Å². The van der Waals surface area contributed by atoms with Gasteiger partial charge in [0.15, 0.2) is 24.6 Å². The quantitative estimate of drug-likeness (QED) is 0.0228. The number of esters is 3. The number of carbonyl (C=O) groups is 4. The molecule has 0 aromatic heterocycles. The zero-order valence-corrected chi connectivity index (χ0v) is 50.7. The Morgan fingerprint density at radius 1 is 0.420 bits per heavy atom. The topological polar surface area (TPSA) is 175 Å². The van der Waals surface area contributed by atoms with Crippen LogP contribution in [0.25, 0.3) is 0 Å². The van der Waals surface area contributed by atoms with Crippen LogP contribution in [0.15, 0.2) is 109 Å². The van der Waals surface area contributed by atoms with E-state index in [0.717, 1.165) is 103 Å². The van der Waals surface area contributed by atoms with E-state index in [2.05, 4.69) is 118 Å². The standard InChI is InChI=1S/C69H112O12/c1-4-7-10-13-16-19-22-25-28-30-31-33-35-37-40-43-46-49-52-55-61(70)77-58-60(79-62(71)56-53-50-47-44-41-39-36-32-29-26-23-20-17-14-11-8-5-2)59-78-69-67(65(74)64(73)66(81-69)68(75)76)80-63(72)57-54-51-48-45-42-38-34-27-24-21-18-15-12-9-6-3/h8-9,11-12,17-18,20-21,25-29,34,36,39,44,47,60,64-67,69,73-74H,4-7,10,13-16,19,22-24,30-33,35,37-38,40-43,45-46,48-59H2,1-3H3,(H,75,76)/b11-8-,12-9-,20-17-,21-18-,28-25-,29-26-,34-27-,39-36-,47-44-. The predicted molar refractivity (Wildman–Crippen MR) is 330 cm³/mol. The molecule has 1 rings (SSSR count). The molecule has 12 heteroatoms. The molecule has 6 atom stereocenters. The highest BCUT2D eigenvalue weighted by Crippen LogP contribution is 2.26. The fourth-order valence-corrected chi connectivity index (χ4v) is 9.00. The lowest BCUT2D eigenvalue weighted by Gasteiger charge is -2.40. The SMILES string of the molecule is CC/C=C\C/C=C\C/C=C\C/C=C\C/C=C\CCCC(=O)OC(COC(=O)CCCCCCCCCCC/C=C\CCCCCCCC)COC1OC(C(=O)O)C(O)C(O)C1OC(=O)CCCCCCC/C=C\C/C=C\C/C=C\CC. The number of hydrogen-bond donors (Lipinski definition) is 3. The summed E-state index contributed by atoms with van der Waals surface area (Å²) in [6.45, 7) is 5.72. The Balaban J connectivity index is 2.71. The van der Waals surface area contributed by atoms with E-state index in [0.29, 0.717) is 25.7 Å². The number of aliphatic carboxylic acids is 1. The maximum absolute atomic E-state index is 13.2. The number of aliphatic hydroxyl groups excluding tert-OH is 2. The number of rotatable bonds is 53. The van der Waals surface area contributed by atoms with Crippen molar-refractivity contribution in [3.63, 3.8) is 0 Å². The largest absolute Gasteiger partial charge is 0.479 e. The van der Waals surface area contributed by atoms with Crippen LogP contribution in [0.3, 0.4) is 0 Å². The average molecular weight is 1130 g/mol. The van der Waals surface area contributed by atoms with Crippen LogP contribution >= 0.6 is 0 Å². The molecule has 0 aromatic rings. The summed E-state index contributed by atoms with van der Waals surface area (Å²) >= 11 is 0. The van der Waals surface area contributed by atoms with E-state index in [1.165, 1.54) is 83.5 Å². The van der Waals surface area contributed by atoms with E-state index in [9.17, 15) is 34.5 Å². The molecule has 0 bridgehead atoms. The van der Waals surface area contributed by atoms with E-state index in [1.807, 2.05) is 12.2 Å². The summed E-state index contributed by atoms with van der Waals surface area (Å²) in [7, 11) is 0. The van der Waals surface area contributed by atoms with Gasteiger partial charge >= 0.3 is 23.9 Å². The number of carboxylic acids is 1. The van der Waals surface area contributed by atoms with Crippen molar-refractivity contribution >= 4 is 23.9 Å². The van der Waals surface area contributed by atoms with Crippen LogP contribution in [0.4, 0.5) is 0 Å². The molecule has 81 heavy (non-hydrogen) atoms. The van der Waals surface area contributed by atoms with Crippen molar-refractivity contribution in [2.24, 2.45) is 0 Å². The second-order valence-electron chi connectivity index (χ2n) is 21.3. The first-order chi connectivity index (χ1) is 39.6. The smallest absolute Gasteiger partial charge is 0.335 e. The van der Waals surface area contributed by atoms with Gasteiger partial charge in [0.1, 0.15) is 18.8 Å². The van der Waals surface area contributed by atoms with Gasteiger partial charge in [-0.05, 0) is 116 Å². The number of allylic oxidation sites excluding steroid dienone is 18. The summed E-state index contributed by atoms with van der Waals surface area (Å²) in [6, 6.07) is 0. The maximum Gasteiger partial charge on any atom is 0.335 e. The highest BCUT2D eigenvalue weighted by molar-refractivity contribution is 5.74. The van der Waals surface area contributed by atoms with Crippen molar-refractivity contribution < 1.29 is 58.2 Å². The Hall–Kier alpha value is -4.62. The Morgan fingerprint density at radius 2 is 0.790 bits per heavy atom. The van der Waals surface area contributed by atoms with Gasteiger partial charge in [-0.3, -0.25) is 14.4 Å². The Bertz CT molecular complexity index is 1820. The van der Waals surface area contributed by atoms with E-state index in [1.54, 1.807) is 0 Å². The average Bonchev–Trinajstić information content (AvgIpc) is 3.52. The van der Waals surface area contributed by atoms with Crippen molar-refractivity contribution in [1.29, 1.82) is 0 Å². The summed E-state index contributed by atoms with van der Waals surface area (Å²) in [5.41, 5.74) is 0. The first-order valence-electron chi connectivity index (χ1n) is 31.9. The predicted octanol–water partition coefficient (Wildman–Crippen LogP) is 17.0. The summed E-state index contributed by atoms with van der Waals surface area (Å²) < 4.78 is 28.4. The highest BCUT2D eigenvalue weighted by Gasteiger charge is 2.50. The third-order valence-electron chi connectivity index (χ3n) is 13.8. The van der Waals surface area contributed by atoms with Gasteiger partial charge in [-0.25, -0.2) is 4.79 Å². The molecule has 1 aliphatic rings. The van der Waals surface area contributed by atoms with E-state index >= 15 is 0 Å². The number of carbonyl (C=O) groups excluding carboxylic acids is 3. The first-order valence-corrected chi connectivity index (χ1v) is 31.9. The van der Waals surface area contributed by atoms with Crippen LogP contribution in [-0.2, 0) is 42.9 Å². The Morgan fingerprint density at radius 3 is 1.23 bits per heavy atom. The molecule has 12 nitrogen and oxygen atoms in total. The fraction of sp³-hybridized carbons (Fsp3) is 0.681. The van der Waals surface area contributed by atoms with E-state index in [4.69, 9.17) is 23.7 Å². The molecule has 0 amide bonds. The van der Waals surface area contributed by atoms with Gasteiger partial charge in [-0.1, -0.05) is 226 Å². The van der Waals surface area contributed by atoms with Crippen LogP contribution in [-0.4, -0.2) is 89.2 Å². The van der Waals surface area contributed by atoms with Crippen LogP contribution < -0.4 is 0 Å². The molecule has 1 fully saturated rings. The summed E-state index contributed by atoms with van der Waals surface area (Å²) in [4.78, 5) is 51.3. The Kier molecular flexibility index (Phi) is 51.3. The highest BCUT2D eigenvalue weighted by atomic mass is 16.7. The normalized spacial score (nSPS) is 18.5. The maximum atomic E-state index is 13.2. The minimum absolute atomic E-state index is 0.0293. The molecule has 1 saturated heterocycles. The molecule has 0 saturated carbocycles. The lowest BCUT2D eigenvalue weighted by molar-refractivity contribution is -0.301. The summed E-state index contributed by atoms with van der Waals surface area (Å²) in [6.07, 6.45) is 63.4. The first kappa shape index (κ1) is 74.4. The van der Waals surface area contributed by atoms with Crippen LogP contribution in [0.1, 0.15) is 252 Å². The molecular formula is C69H112O12. The minimum atomic E-state index is -1.92. The van der Waals surface area contributed by atoms with Crippen molar-refractivity contribution in [1.82, 2.24) is 0 Å². The molecule has 1 aliphatic heterocycles. The van der Waals surface area contributed by atoms with Crippen molar-refractivity contribution in [2.45, 2.75) is 289 Å². The molecular weight excluding hydrogens is 1020 g/mol. The van der Waals surface area contributed by atoms with Gasteiger partial charge in [-0.15, -0.1) is 0 Å². The molecule has 460 valence electrons. The van der Waals surface area contributed by atoms with Crippen LogP contribution in [0.2, 0.25) is 0 Å². The second kappa shape index (κ2) is 55.9. The molecule has 0 radical (unpaired) electrons. The zero-order valence-electron chi connectivity index (χ0n) is 50.7. The van der Waals surface area contributed by atoms with Gasteiger partial charge < -0.3 is 39.0 Å². The van der Waals surface area contributed by atoms with E-state index in [-0.39, 0.29) is 25.9 Å². The zero-order chi connectivity index (χ0) is 58.9. The number of aliphatic hydroxyl groups is 2. The number of hydrogen-bond acceptors (Lipinski definition) is 11. The minimum Gasteiger partial charge on any atom is -0.479 e. The van der Waals surface area contributed by atoms with Gasteiger partial charge in [0, 0.05) is 19.3 Å². The van der Waals surface area contributed by atoms with Gasteiger partial charge in [0.25, 0.3) is 0 Å². The number of carboxylic acid groups (broad SMARTS) is 1. The monoisotopic (exact) mass is 1130 g/mol.